The van der Waals surface area contributed by atoms with Gasteiger partial charge in [-0.2, -0.15) is 13.2 Å². The van der Waals surface area contributed by atoms with Crippen LogP contribution in [0.3, 0.4) is 0 Å². The number of nitrogens with one attached hydrogen (secondary N) is 1. The molecule has 0 aliphatic rings. The van der Waals surface area contributed by atoms with Crippen molar-refractivity contribution in [3.05, 3.63) is 32.8 Å². The van der Waals surface area contributed by atoms with Gasteiger partial charge >= 0.3 is 23.9 Å². The van der Waals surface area contributed by atoms with Gasteiger partial charge in [0.1, 0.15) is 17.8 Å². The molecule has 0 saturated carbocycles. The van der Waals surface area contributed by atoms with Crippen molar-refractivity contribution in [1.82, 2.24) is 5.32 Å². The first kappa shape index (κ1) is 23.3. The van der Waals surface area contributed by atoms with Gasteiger partial charge in [0, 0.05) is 11.1 Å². The van der Waals surface area contributed by atoms with Crippen LogP contribution in [0.25, 0.3) is 0 Å². The molecule has 9 nitrogen and oxygen atoms in total. The highest BCUT2D eigenvalue weighted by Crippen LogP contribution is 2.43. The van der Waals surface area contributed by atoms with E-state index in [0.717, 1.165) is 0 Å². The van der Waals surface area contributed by atoms with Gasteiger partial charge in [-0.15, -0.1) is 0 Å². The molecule has 1 atom stereocenters. The monoisotopic (exact) mass is 428 g/mol. The molecule has 0 aliphatic heterocycles. The topological polar surface area (TPSA) is 128 Å². The van der Waals surface area contributed by atoms with Gasteiger partial charge in [0.2, 0.25) is 5.75 Å². The van der Waals surface area contributed by atoms with Crippen LogP contribution in [-0.4, -0.2) is 40.3 Å². The van der Waals surface area contributed by atoms with E-state index in [-0.39, 0.29) is 0 Å². The second kappa shape index (κ2) is 8.50. The minimum absolute atomic E-state index is 0.404. The first-order valence-electron chi connectivity index (χ1n) is 7.52. The van der Waals surface area contributed by atoms with Crippen LogP contribution in [0.1, 0.15) is 26.3 Å². The SMILES string of the molecule is CC(C)(C)OC(=O)N[C@@H](COc1c([N+](=O)[O-])cc(Cl)cc1C(F)(F)F)C(=O)O. The van der Waals surface area contributed by atoms with Crippen LogP contribution in [0.4, 0.5) is 23.7 Å². The first-order chi connectivity index (χ1) is 12.6. The van der Waals surface area contributed by atoms with E-state index in [0.29, 0.717) is 12.1 Å². The Balaban J connectivity index is 3.16. The Kier molecular flexibility index (Phi) is 7.07. The minimum Gasteiger partial charge on any atom is -0.484 e. The molecule has 1 amide bonds. The van der Waals surface area contributed by atoms with Crippen LogP contribution in [-0.2, 0) is 15.7 Å². The van der Waals surface area contributed by atoms with E-state index in [4.69, 9.17) is 26.2 Å². The number of carboxylic acid groups (broad SMARTS) is 1. The summed E-state index contributed by atoms with van der Waals surface area (Å²) in [6.45, 7) is 3.47. The summed E-state index contributed by atoms with van der Waals surface area (Å²) in [6.07, 6.45) is -6.23. The van der Waals surface area contributed by atoms with E-state index >= 15 is 0 Å². The summed E-state index contributed by atoms with van der Waals surface area (Å²) in [6, 6.07) is -0.810. The molecule has 0 radical (unpaired) electrons. The van der Waals surface area contributed by atoms with E-state index < -0.39 is 63.4 Å². The molecule has 0 heterocycles. The highest BCUT2D eigenvalue weighted by molar-refractivity contribution is 6.31. The van der Waals surface area contributed by atoms with Gasteiger partial charge in [-0.3, -0.25) is 10.1 Å². The van der Waals surface area contributed by atoms with Gasteiger partial charge in [-0.25, -0.2) is 9.59 Å². The number of carbonyl (C=O) groups excluding carboxylic acids is 1. The molecule has 1 rings (SSSR count). The Morgan fingerprint density at radius 1 is 1.32 bits per heavy atom. The van der Waals surface area contributed by atoms with Crippen LogP contribution >= 0.6 is 11.6 Å². The molecule has 0 bridgehead atoms. The number of ether oxygens (including phenoxy) is 2. The van der Waals surface area contributed by atoms with Crippen LogP contribution in [0.15, 0.2) is 12.1 Å². The van der Waals surface area contributed by atoms with Crippen LogP contribution in [0.5, 0.6) is 5.75 Å². The number of nitro groups is 1. The van der Waals surface area contributed by atoms with Crippen molar-refractivity contribution in [1.29, 1.82) is 0 Å². The van der Waals surface area contributed by atoms with Crippen molar-refractivity contribution < 1.29 is 42.3 Å². The molecule has 0 aromatic heterocycles. The summed E-state index contributed by atoms with van der Waals surface area (Å²) >= 11 is 5.49. The normalized spacial score (nSPS) is 12.8. The molecule has 156 valence electrons. The summed E-state index contributed by atoms with van der Waals surface area (Å²) in [5.41, 5.74) is -3.64. The number of alkyl halides is 3. The van der Waals surface area contributed by atoms with Gasteiger partial charge < -0.3 is 19.9 Å². The zero-order chi connectivity index (χ0) is 21.9. The molecular weight excluding hydrogens is 413 g/mol. The van der Waals surface area contributed by atoms with Gasteiger partial charge in [0.15, 0.2) is 6.04 Å². The summed E-state index contributed by atoms with van der Waals surface area (Å²) in [4.78, 5) is 32.8. The molecule has 0 saturated heterocycles. The number of aliphatic carboxylic acids is 1. The Morgan fingerprint density at radius 3 is 2.32 bits per heavy atom. The number of rotatable bonds is 6. The number of halogens is 4. The van der Waals surface area contributed by atoms with Crippen LogP contribution < -0.4 is 10.1 Å². The Hall–Kier alpha value is -2.76. The number of nitrogens with zero attached hydrogens (tertiary/aromatic N) is 1. The van der Waals surface area contributed by atoms with Crippen LogP contribution in [0.2, 0.25) is 5.02 Å². The Labute approximate surface area is 161 Å². The minimum atomic E-state index is -5.07. The fourth-order valence-electron chi connectivity index (χ4n) is 1.87. The highest BCUT2D eigenvalue weighted by atomic mass is 35.5. The summed E-state index contributed by atoms with van der Waals surface area (Å²) in [7, 11) is 0. The number of nitro benzene ring substituents is 1. The lowest BCUT2D eigenvalue weighted by atomic mass is 10.1. The van der Waals surface area contributed by atoms with Crippen molar-refractivity contribution in [2.45, 2.75) is 38.6 Å². The van der Waals surface area contributed by atoms with Crippen molar-refractivity contribution in [2.24, 2.45) is 0 Å². The Morgan fingerprint density at radius 2 is 1.89 bits per heavy atom. The largest absolute Gasteiger partial charge is 0.484 e. The summed E-state index contributed by atoms with van der Waals surface area (Å²) < 4.78 is 49.2. The zero-order valence-electron chi connectivity index (χ0n) is 14.8. The molecule has 0 spiro atoms. The maximum atomic E-state index is 13.2. The average Bonchev–Trinajstić information content (AvgIpc) is 2.48. The molecule has 1 aromatic carbocycles. The molecule has 13 heteroatoms. The molecule has 1 aromatic rings. The molecule has 0 aliphatic carbocycles. The van der Waals surface area contributed by atoms with Gasteiger partial charge in [0.05, 0.1) is 4.92 Å². The van der Waals surface area contributed by atoms with Crippen molar-refractivity contribution in [3.8, 4) is 5.75 Å². The van der Waals surface area contributed by atoms with Gasteiger partial charge in [0.25, 0.3) is 0 Å². The predicted octanol–water partition coefficient (Wildman–Crippen LogP) is 3.62. The lowest BCUT2D eigenvalue weighted by molar-refractivity contribution is -0.386. The van der Waals surface area contributed by atoms with Crippen LogP contribution in [0, 0.1) is 10.1 Å². The van der Waals surface area contributed by atoms with Crippen molar-refractivity contribution in [3.63, 3.8) is 0 Å². The third-order valence-electron chi connectivity index (χ3n) is 2.92. The number of alkyl carbamates (subject to hydrolysis) is 1. The third kappa shape index (κ3) is 6.76. The zero-order valence-corrected chi connectivity index (χ0v) is 15.6. The van der Waals surface area contributed by atoms with E-state index in [1.54, 1.807) is 0 Å². The lowest BCUT2D eigenvalue weighted by Crippen LogP contribution is -2.46. The maximum absolute atomic E-state index is 13.2. The predicted molar refractivity (Wildman–Crippen MR) is 89.4 cm³/mol. The van der Waals surface area contributed by atoms with E-state index in [1.807, 2.05) is 5.32 Å². The van der Waals surface area contributed by atoms with E-state index in [1.165, 1.54) is 20.8 Å². The first-order valence-corrected chi connectivity index (χ1v) is 7.90. The van der Waals surface area contributed by atoms with Gasteiger partial charge in [-0.1, -0.05) is 11.6 Å². The molecule has 28 heavy (non-hydrogen) atoms. The quantitative estimate of drug-likeness (QED) is 0.523. The average molecular weight is 429 g/mol. The van der Waals surface area contributed by atoms with Crippen molar-refractivity contribution >= 4 is 29.4 Å². The van der Waals surface area contributed by atoms with Gasteiger partial charge in [-0.05, 0) is 26.8 Å². The number of benzene rings is 1. The van der Waals surface area contributed by atoms with Crippen molar-refractivity contribution in [2.75, 3.05) is 6.61 Å². The number of carbonyl (C=O) groups is 2. The second-order valence-corrected chi connectivity index (χ2v) is 6.84. The molecule has 0 fully saturated rings. The summed E-state index contributed by atoms with van der Waals surface area (Å²) in [5.74, 6) is -2.88. The summed E-state index contributed by atoms with van der Waals surface area (Å²) in [5, 5.41) is 21.5. The number of hydrogen-bond acceptors (Lipinski definition) is 6. The fourth-order valence-corrected chi connectivity index (χ4v) is 2.08. The molecule has 2 N–H and O–H groups in total. The van der Waals surface area contributed by atoms with E-state index in [2.05, 4.69) is 0 Å². The molecule has 0 unspecified atom stereocenters. The third-order valence-corrected chi connectivity index (χ3v) is 3.14. The number of carboxylic acids is 1. The smallest absolute Gasteiger partial charge is 0.420 e. The maximum Gasteiger partial charge on any atom is 0.420 e. The fraction of sp³-hybridized carbons (Fsp3) is 0.467. The highest BCUT2D eigenvalue weighted by Gasteiger charge is 2.39. The Bertz CT molecular complexity index is 778. The number of amides is 1. The second-order valence-electron chi connectivity index (χ2n) is 6.40. The number of hydrogen-bond donors (Lipinski definition) is 2. The lowest BCUT2D eigenvalue weighted by Gasteiger charge is -2.22. The van der Waals surface area contributed by atoms with E-state index in [9.17, 15) is 32.9 Å². The standard InChI is InChI=1S/C15H16ClF3N2O7/c1-14(2,3)28-13(24)20-9(12(22)23)6-27-11-8(15(17,18)19)4-7(16)5-10(11)21(25)26/h4-5,9H,6H2,1-3H3,(H,20,24)(H,22,23)/t9-/m0/s1. The molecular formula is C15H16ClF3N2O7.